The number of thioether (sulfide) groups is 1. The molecular weight excluding hydrogens is 446 g/mol. The molecule has 2 amide bonds. The summed E-state index contributed by atoms with van der Waals surface area (Å²) in [6.45, 7) is 1.98. The number of fused-ring (bicyclic) bond motifs is 6. The number of aromatic nitrogens is 1. The number of hydrogen-bond donors (Lipinski definition) is 0. The summed E-state index contributed by atoms with van der Waals surface area (Å²) in [6.07, 6.45) is 4.00. The molecule has 0 N–H and O–H groups in total. The molecule has 1 aromatic heterocycles. The normalized spacial score (nSPS) is 29.6. The number of anilines is 1. The summed E-state index contributed by atoms with van der Waals surface area (Å²) in [5, 5.41) is 11.9. The lowest BCUT2D eigenvalue weighted by Gasteiger charge is -2.31. The van der Waals surface area contributed by atoms with Crippen molar-refractivity contribution in [1.82, 2.24) is 4.98 Å². The highest BCUT2D eigenvalue weighted by molar-refractivity contribution is 7.99. The van der Waals surface area contributed by atoms with Gasteiger partial charge in [0.2, 0.25) is 11.8 Å². The van der Waals surface area contributed by atoms with Crippen LogP contribution >= 0.6 is 11.8 Å². The first-order valence-corrected chi connectivity index (χ1v) is 12.5. The molecule has 6 nitrogen and oxygen atoms in total. The van der Waals surface area contributed by atoms with Gasteiger partial charge < -0.3 is 4.74 Å². The van der Waals surface area contributed by atoms with Gasteiger partial charge in [0.1, 0.15) is 0 Å². The first-order valence-electron chi connectivity index (χ1n) is 11.5. The Kier molecular flexibility index (Phi) is 4.80. The second-order valence-electron chi connectivity index (χ2n) is 9.50. The zero-order valence-corrected chi connectivity index (χ0v) is 19.5. The fourth-order valence-corrected chi connectivity index (χ4v) is 7.15. The van der Waals surface area contributed by atoms with E-state index in [0.717, 1.165) is 34.4 Å². The highest BCUT2D eigenvalue weighted by Crippen LogP contribution is 2.62. The van der Waals surface area contributed by atoms with E-state index in [1.54, 1.807) is 30.1 Å². The first kappa shape index (κ1) is 21.3. The minimum atomic E-state index is -0.635. The number of pyridine rings is 1. The average Bonchev–Trinajstić information content (AvgIpc) is 3.43. The Morgan fingerprint density at radius 1 is 1.06 bits per heavy atom. The number of nitriles is 1. The van der Waals surface area contributed by atoms with Crippen LogP contribution in [0.3, 0.4) is 0 Å². The molecule has 3 aliphatic heterocycles. The predicted octanol–water partition coefficient (Wildman–Crippen LogP) is 4.72. The Hall–Kier alpha value is -3.21. The number of nitrogens with zero attached hydrogens (tertiary/aromatic N) is 3. The van der Waals surface area contributed by atoms with Crippen LogP contribution in [-0.4, -0.2) is 33.8 Å². The molecular formula is C27H23N3O3S. The molecule has 0 radical (unpaired) electrons. The second-order valence-corrected chi connectivity index (χ2v) is 10.6. The zero-order valence-electron chi connectivity index (χ0n) is 18.7. The number of ether oxygens (including phenoxy) is 1. The van der Waals surface area contributed by atoms with Gasteiger partial charge in [-0.3, -0.25) is 9.59 Å². The molecule has 3 aromatic rings. The largest absolute Gasteiger partial charge is 0.367 e. The van der Waals surface area contributed by atoms with Crippen LogP contribution in [0.5, 0.6) is 0 Å². The van der Waals surface area contributed by atoms with Crippen molar-refractivity contribution in [3.05, 3.63) is 66.4 Å². The maximum Gasteiger partial charge on any atom is 0.240 e. The molecule has 6 rings (SSSR count). The minimum absolute atomic E-state index is 0.184. The number of rotatable bonds is 5. The fourth-order valence-electron chi connectivity index (χ4n) is 6.18. The van der Waals surface area contributed by atoms with Crippen LogP contribution in [0.4, 0.5) is 5.69 Å². The van der Waals surface area contributed by atoms with Gasteiger partial charge in [-0.1, -0.05) is 30.3 Å². The Morgan fingerprint density at radius 3 is 2.59 bits per heavy atom. The SMILES string of the molecule is C[C@@]12CC[C@@](CCSc3ccccn3)(O1)[C@H]1C(=O)N(c3ccc(C#N)c4ccccc34)C(=O)[C@H]12. The van der Waals surface area contributed by atoms with Gasteiger partial charge in [0.15, 0.2) is 0 Å². The molecule has 3 aliphatic rings. The lowest BCUT2D eigenvalue weighted by molar-refractivity contribution is -0.130. The van der Waals surface area contributed by atoms with Gasteiger partial charge in [0.05, 0.1) is 45.4 Å². The van der Waals surface area contributed by atoms with E-state index in [1.165, 1.54) is 4.90 Å². The van der Waals surface area contributed by atoms with E-state index in [2.05, 4.69) is 11.1 Å². The second kappa shape index (κ2) is 7.66. The maximum atomic E-state index is 13.9. The molecule has 0 unspecified atom stereocenters. The third kappa shape index (κ3) is 2.95. The predicted molar refractivity (Wildman–Crippen MR) is 129 cm³/mol. The summed E-state index contributed by atoms with van der Waals surface area (Å²) in [7, 11) is 0. The van der Waals surface area contributed by atoms with Crippen LogP contribution in [0.15, 0.2) is 65.8 Å². The van der Waals surface area contributed by atoms with Crippen LogP contribution in [0.2, 0.25) is 0 Å². The van der Waals surface area contributed by atoms with E-state index in [-0.39, 0.29) is 11.8 Å². The van der Waals surface area contributed by atoms with E-state index < -0.39 is 23.0 Å². The lowest BCUT2D eigenvalue weighted by Crippen LogP contribution is -2.42. The Balaban J connectivity index is 1.35. The van der Waals surface area contributed by atoms with Gasteiger partial charge in [-0.05, 0) is 50.5 Å². The molecule has 7 heteroatoms. The summed E-state index contributed by atoms with van der Waals surface area (Å²) in [6, 6.07) is 18.9. The smallest absolute Gasteiger partial charge is 0.240 e. The van der Waals surface area contributed by atoms with Crippen molar-refractivity contribution in [2.24, 2.45) is 11.8 Å². The van der Waals surface area contributed by atoms with E-state index in [1.807, 2.05) is 49.4 Å². The molecule has 4 atom stereocenters. The third-order valence-corrected chi connectivity index (χ3v) is 8.63. The van der Waals surface area contributed by atoms with Gasteiger partial charge in [0, 0.05) is 22.7 Å². The summed E-state index contributed by atoms with van der Waals surface area (Å²) >= 11 is 1.65. The number of carbonyl (C=O) groups excluding carboxylic acids is 2. The van der Waals surface area contributed by atoms with Crippen LogP contribution in [-0.2, 0) is 14.3 Å². The van der Waals surface area contributed by atoms with Crippen LogP contribution in [0, 0.1) is 23.2 Å². The van der Waals surface area contributed by atoms with Crippen molar-refractivity contribution < 1.29 is 14.3 Å². The standard InChI is InChI=1S/C27H23N3O3S/c1-26-11-12-27(33-26,13-15-34-21-8-4-5-14-29-21)23-22(26)24(31)30(25(23)32)20-10-9-17(16-28)18-6-2-3-7-19(18)20/h2-10,14,22-23H,11-13,15H2,1H3/t22-,23+,26-,27-/m0/s1. The van der Waals surface area contributed by atoms with Gasteiger partial charge in [0.25, 0.3) is 0 Å². The zero-order chi connectivity index (χ0) is 23.5. The van der Waals surface area contributed by atoms with Crippen molar-refractivity contribution in [2.75, 3.05) is 10.7 Å². The Labute approximate surface area is 201 Å². The van der Waals surface area contributed by atoms with Gasteiger partial charge in [-0.15, -0.1) is 11.8 Å². The highest BCUT2D eigenvalue weighted by atomic mass is 32.2. The van der Waals surface area contributed by atoms with Crippen molar-refractivity contribution >= 4 is 40.0 Å². The number of imide groups is 1. The number of amides is 2. The van der Waals surface area contributed by atoms with E-state index >= 15 is 0 Å². The average molecular weight is 470 g/mol. The molecule has 2 aromatic carbocycles. The van der Waals surface area contributed by atoms with Gasteiger partial charge in [-0.25, -0.2) is 9.88 Å². The third-order valence-electron chi connectivity index (χ3n) is 7.69. The summed E-state index contributed by atoms with van der Waals surface area (Å²) < 4.78 is 6.56. The Bertz CT molecular complexity index is 1370. The van der Waals surface area contributed by atoms with Crippen LogP contribution in [0.25, 0.3) is 10.8 Å². The molecule has 3 saturated heterocycles. The van der Waals surface area contributed by atoms with Crippen LogP contribution in [0.1, 0.15) is 31.7 Å². The van der Waals surface area contributed by atoms with Gasteiger partial charge >= 0.3 is 0 Å². The topological polar surface area (TPSA) is 83.3 Å². The number of carbonyl (C=O) groups is 2. The molecule has 0 saturated carbocycles. The van der Waals surface area contributed by atoms with Crippen molar-refractivity contribution in [3.63, 3.8) is 0 Å². The molecule has 2 bridgehead atoms. The van der Waals surface area contributed by atoms with Crippen LogP contribution < -0.4 is 4.90 Å². The molecule has 3 fully saturated rings. The molecule has 170 valence electrons. The monoisotopic (exact) mass is 469 g/mol. The van der Waals surface area contributed by atoms with Crippen molar-refractivity contribution in [3.8, 4) is 6.07 Å². The molecule has 4 heterocycles. The number of benzene rings is 2. The summed E-state index contributed by atoms with van der Waals surface area (Å²) in [5.74, 6) is -0.583. The molecule has 34 heavy (non-hydrogen) atoms. The molecule has 0 aliphatic carbocycles. The van der Waals surface area contributed by atoms with E-state index in [9.17, 15) is 14.9 Å². The van der Waals surface area contributed by atoms with Gasteiger partial charge in [-0.2, -0.15) is 5.26 Å². The molecule has 0 spiro atoms. The van der Waals surface area contributed by atoms with Crippen molar-refractivity contribution in [2.45, 2.75) is 42.4 Å². The van der Waals surface area contributed by atoms with E-state index in [4.69, 9.17) is 4.74 Å². The Morgan fingerprint density at radius 2 is 1.82 bits per heavy atom. The highest BCUT2D eigenvalue weighted by Gasteiger charge is 2.73. The minimum Gasteiger partial charge on any atom is -0.367 e. The quantitative estimate of drug-likeness (QED) is 0.397. The number of hydrogen-bond acceptors (Lipinski definition) is 6. The van der Waals surface area contributed by atoms with E-state index in [0.29, 0.717) is 17.7 Å². The maximum absolute atomic E-state index is 13.9. The van der Waals surface area contributed by atoms with Crippen molar-refractivity contribution in [1.29, 1.82) is 5.26 Å². The summed E-state index contributed by atoms with van der Waals surface area (Å²) in [4.78, 5) is 33.4. The summed E-state index contributed by atoms with van der Waals surface area (Å²) in [5.41, 5.74) is -0.188. The first-order chi connectivity index (χ1) is 16.5. The fraction of sp³-hybridized carbons (Fsp3) is 0.333. The lowest BCUT2D eigenvalue weighted by atomic mass is 9.67.